The standard InChI is InChI=1S/C29H28N2O5S/c1-3-34-26-18-21(19-27-28(32)31-23-10-6-5-9-22(23)30-29(31)37-27)12-13-25(26)36-17-15-33-14-16-35-24-11-7-4-8-20(24)2/h4-13,18-19H,3,14-17H2,1-2H3/b27-19-. The van der Waals surface area contributed by atoms with Crippen LogP contribution < -0.4 is 24.3 Å². The summed E-state index contributed by atoms with van der Waals surface area (Å²) in [6.07, 6.45) is 1.86. The van der Waals surface area contributed by atoms with Gasteiger partial charge in [-0.2, -0.15) is 0 Å². The highest BCUT2D eigenvalue weighted by Gasteiger charge is 2.11. The molecule has 0 spiro atoms. The lowest BCUT2D eigenvalue weighted by molar-refractivity contribution is 0.0754. The van der Waals surface area contributed by atoms with Crippen LogP contribution in [0.4, 0.5) is 0 Å². The van der Waals surface area contributed by atoms with Crippen LogP contribution in [0.25, 0.3) is 22.1 Å². The zero-order chi connectivity index (χ0) is 25.6. The van der Waals surface area contributed by atoms with Crippen LogP contribution in [0.1, 0.15) is 18.1 Å². The number of benzene rings is 3. The van der Waals surface area contributed by atoms with Gasteiger partial charge in [-0.3, -0.25) is 4.79 Å². The third-order valence-electron chi connectivity index (χ3n) is 5.77. The molecule has 0 atom stereocenters. The van der Waals surface area contributed by atoms with Crippen LogP contribution in [-0.4, -0.2) is 42.4 Å². The molecule has 0 N–H and O–H groups in total. The van der Waals surface area contributed by atoms with Gasteiger partial charge in [0.1, 0.15) is 19.0 Å². The zero-order valence-electron chi connectivity index (χ0n) is 20.8. The summed E-state index contributed by atoms with van der Waals surface area (Å²) in [5.41, 5.74) is 3.52. The minimum absolute atomic E-state index is 0.0736. The highest BCUT2D eigenvalue weighted by Crippen LogP contribution is 2.29. The molecule has 0 bridgehead atoms. The van der Waals surface area contributed by atoms with Crippen LogP contribution in [0.15, 0.2) is 71.5 Å². The molecule has 2 heterocycles. The molecule has 7 nitrogen and oxygen atoms in total. The van der Waals surface area contributed by atoms with Crippen molar-refractivity contribution >= 4 is 33.4 Å². The average molecular weight is 517 g/mol. The molecule has 3 aromatic carbocycles. The van der Waals surface area contributed by atoms with E-state index in [4.69, 9.17) is 18.9 Å². The van der Waals surface area contributed by atoms with Crippen molar-refractivity contribution in [1.82, 2.24) is 9.38 Å². The number of hydrogen-bond acceptors (Lipinski definition) is 7. The Morgan fingerprint density at radius 3 is 2.43 bits per heavy atom. The Morgan fingerprint density at radius 1 is 0.865 bits per heavy atom. The Morgan fingerprint density at radius 2 is 1.62 bits per heavy atom. The first-order valence-electron chi connectivity index (χ1n) is 12.2. The fourth-order valence-electron chi connectivity index (χ4n) is 4.01. The summed E-state index contributed by atoms with van der Waals surface area (Å²) in [5.74, 6) is 2.13. The maximum atomic E-state index is 13.1. The lowest BCUT2D eigenvalue weighted by Gasteiger charge is -2.13. The molecular weight excluding hydrogens is 488 g/mol. The van der Waals surface area contributed by atoms with Gasteiger partial charge in [0.25, 0.3) is 5.56 Å². The number of thiazole rings is 1. The van der Waals surface area contributed by atoms with E-state index in [2.05, 4.69) is 4.98 Å². The van der Waals surface area contributed by atoms with Gasteiger partial charge in [0.2, 0.25) is 0 Å². The maximum Gasteiger partial charge on any atom is 0.274 e. The molecule has 0 unspecified atom stereocenters. The second kappa shape index (κ2) is 11.5. The zero-order valence-corrected chi connectivity index (χ0v) is 21.6. The quantitative estimate of drug-likeness (QED) is 0.238. The first-order valence-corrected chi connectivity index (χ1v) is 13.0. The molecular formula is C29H28N2O5S. The third kappa shape index (κ3) is 5.60. The molecule has 0 saturated carbocycles. The number of para-hydroxylation sites is 3. The largest absolute Gasteiger partial charge is 0.491 e. The number of imidazole rings is 1. The molecule has 0 saturated heterocycles. The second-order valence-corrected chi connectivity index (χ2v) is 9.36. The summed E-state index contributed by atoms with van der Waals surface area (Å²) >= 11 is 1.38. The van der Waals surface area contributed by atoms with Gasteiger partial charge in [0.15, 0.2) is 16.5 Å². The van der Waals surface area contributed by atoms with Gasteiger partial charge in [-0.25, -0.2) is 9.38 Å². The monoisotopic (exact) mass is 516 g/mol. The Hall–Kier alpha value is -3.88. The molecule has 0 aliphatic rings. The fourth-order valence-corrected chi connectivity index (χ4v) is 4.99. The molecule has 190 valence electrons. The van der Waals surface area contributed by atoms with E-state index in [1.54, 1.807) is 4.40 Å². The number of aryl methyl sites for hydroxylation is 1. The van der Waals surface area contributed by atoms with Crippen LogP contribution in [0.5, 0.6) is 17.2 Å². The van der Waals surface area contributed by atoms with Crippen molar-refractivity contribution in [2.45, 2.75) is 13.8 Å². The van der Waals surface area contributed by atoms with E-state index in [-0.39, 0.29) is 5.56 Å². The lowest BCUT2D eigenvalue weighted by Crippen LogP contribution is -2.22. The van der Waals surface area contributed by atoms with E-state index < -0.39 is 0 Å². The summed E-state index contributed by atoms with van der Waals surface area (Å²) in [6.45, 7) is 6.20. The van der Waals surface area contributed by atoms with E-state index in [1.165, 1.54) is 11.3 Å². The van der Waals surface area contributed by atoms with E-state index in [0.717, 1.165) is 27.9 Å². The van der Waals surface area contributed by atoms with Gasteiger partial charge in [0.05, 0.1) is 35.4 Å². The van der Waals surface area contributed by atoms with E-state index in [9.17, 15) is 4.79 Å². The normalized spacial score (nSPS) is 11.9. The van der Waals surface area contributed by atoms with Crippen molar-refractivity contribution in [1.29, 1.82) is 0 Å². The predicted molar refractivity (Wildman–Crippen MR) is 146 cm³/mol. The first-order chi connectivity index (χ1) is 18.1. The smallest absolute Gasteiger partial charge is 0.274 e. The van der Waals surface area contributed by atoms with Crippen molar-refractivity contribution < 1.29 is 18.9 Å². The first kappa shape index (κ1) is 24.8. The number of ether oxygens (including phenoxy) is 4. The second-order valence-electron chi connectivity index (χ2n) is 8.35. The molecule has 0 aliphatic heterocycles. The molecule has 8 heteroatoms. The Balaban J connectivity index is 1.21. The summed E-state index contributed by atoms with van der Waals surface area (Å²) in [4.78, 5) is 18.3. The number of aromatic nitrogens is 2. The van der Waals surface area contributed by atoms with Crippen LogP contribution in [0.2, 0.25) is 0 Å². The Labute approximate surface area is 218 Å². The minimum atomic E-state index is -0.0736. The van der Waals surface area contributed by atoms with Crippen molar-refractivity contribution in [2.75, 3.05) is 33.0 Å². The Bertz CT molecular complexity index is 1620. The number of nitrogens with zero attached hydrogens (tertiary/aromatic N) is 2. The van der Waals surface area contributed by atoms with Crippen LogP contribution >= 0.6 is 11.3 Å². The van der Waals surface area contributed by atoms with Crippen LogP contribution in [-0.2, 0) is 4.74 Å². The average Bonchev–Trinajstić information content (AvgIpc) is 3.41. The van der Waals surface area contributed by atoms with Crippen molar-refractivity contribution in [3.63, 3.8) is 0 Å². The predicted octanol–water partition coefficient (Wildman–Crippen LogP) is 4.64. The molecule has 37 heavy (non-hydrogen) atoms. The van der Waals surface area contributed by atoms with Crippen LogP contribution in [0, 0.1) is 6.92 Å². The summed E-state index contributed by atoms with van der Waals surface area (Å²) in [5, 5.41) is 0. The lowest BCUT2D eigenvalue weighted by atomic mass is 10.2. The van der Waals surface area contributed by atoms with Crippen molar-refractivity contribution in [2.24, 2.45) is 0 Å². The van der Waals surface area contributed by atoms with Gasteiger partial charge < -0.3 is 18.9 Å². The molecule has 5 rings (SSSR count). The highest BCUT2D eigenvalue weighted by atomic mass is 32.1. The van der Waals surface area contributed by atoms with Gasteiger partial charge in [-0.05, 0) is 61.4 Å². The minimum Gasteiger partial charge on any atom is -0.491 e. The number of rotatable bonds is 11. The van der Waals surface area contributed by atoms with Gasteiger partial charge in [-0.1, -0.05) is 47.7 Å². The molecule has 0 aliphatic carbocycles. The molecule has 2 aromatic heterocycles. The van der Waals surface area contributed by atoms with Gasteiger partial charge >= 0.3 is 0 Å². The van der Waals surface area contributed by atoms with Crippen LogP contribution in [0.3, 0.4) is 0 Å². The third-order valence-corrected chi connectivity index (χ3v) is 6.74. The summed E-state index contributed by atoms with van der Waals surface area (Å²) in [6, 6.07) is 21.2. The van der Waals surface area contributed by atoms with Gasteiger partial charge in [0, 0.05) is 0 Å². The SMILES string of the molecule is CCOc1cc(/C=c2\sc3nc4ccccc4n3c2=O)ccc1OCCOCCOc1ccccc1C. The molecule has 0 amide bonds. The van der Waals surface area contributed by atoms with E-state index in [1.807, 2.05) is 86.7 Å². The summed E-state index contributed by atoms with van der Waals surface area (Å²) in [7, 11) is 0. The van der Waals surface area contributed by atoms with Crippen molar-refractivity contribution in [3.05, 3.63) is 92.7 Å². The fraction of sp³-hybridized carbons (Fsp3) is 0.241. The van der Waals surface area contributed by atoms with E-state index in [0.29, 0.717) is 54.0 Å². The Kier molecular flexibility index (Phi) is 7.67. The maximum absolute atomic E-state index is 13.1. The van der Waals surface area contributed by atoms with Gasteiger partial charge in [-0.15, -0.1) is 0 Å². The highest BCUT2D eigenvalue weighted by molar-refractivity contribution is 7.15. The number of fused-ring (bicyclic) bond motifs is 3. The van der Waals surface area contributed by atoms with Crippen molar-refractivity contribution in [3.8, 4) is 17.2 Å². The topological polar surface area (TPSA) is 71.3 Å². The molecule has 0 radical (unpaired) electrons. The molecule has 5 aromatic rings. The summed E-state index contributed by atoms with van der Waals surface area (Å²) < 4.78 is 25.4. The number of hydrogen-bond donors (Lipinski definition) is 0. The molecule has 0 fully saturated rings. The van der Waals surface area contributed by atoms with E-state index >= 15 is 0 Å².